The second-order valence-electron chi connectivity index (χ2n) is 9.19. The Balaban J connectivity index is 1.46. The van der Waals surface area contributed by atoms with Gasteiger partial charge in [0.2, 0.25) is 0 Å². The molecule has 1 aromatic heterocycles. The lowest BCUT2D eigenvalue weighted by atomic mass is 10.00. The van der Waals surface area contributed by atoms with Crippen LogP contribution in [0.2, 0.25) is 0 Å². The first kappa shape index (κ1) is 25.7. The summed E-state index contributed by atoms with van der Waals surface area (Å²) in [6, 6.07) is 23.0. The molecule has 38 heavy (non-hydrogen) atoms. The number of hydrogen-bond acceptors (Lipinski definition) is 7. The Kier molecular flexibility index (Phi) is 7.83. The van der Waals surface area contributed by atoms with E-state index in [0.29, 0.717) is 48.7 Å². The molecule has 0 saturated carbocycles. The van der Waals surface area contributed by atoms with Gasteiger partial charge in [0, 0.05) is 29.6 Å². The van der Waals surface area contributed by atoms with Crippen molar-refractivity contribution in [3.05, 3.63) is 95.1 Å². The highest BCUT2D eigenvalue weighted by molar-refractivity contribution is 6.22. The van der Waals surface area contributed by atoms with Crippen LogP contribution in [0.25, 0.3) is 10.9 Å². The van der Waals surface area contributed by atoms with Crippen molar-refractivity contribution in [3.63, 3.8) is 0 Å². The average molecular weight is 514 g/mol. The predicted octanol–water partition coefficient (Wildman–Crippen LogP) is 5.02. The molecule has 0 unspecified atom stereocenters. The van der Waals surface area contributed by atoms with Gasteiger partial charge < -0.3 is 24.3 Å². The number of ether oxygens (including phenoxy) is 3. The fourth-order valence-corrected chi connectivity index (χ4v) is 4.57. The van der Waals surface area contributed by atoms with Gasteiger partial charge in [-0.05, 0) is 43.8 Å². The van der Waals surface area contributed by atoms with E-state index in [0.717, 1.165) is 28.7 Å². The molecule has 8 nitrogen and oxygen atoms in total. The molecule has 1 saturated heterocycles. The van der Waals surface area contributed by atoms with Gasteiger partial charge in [-0.1, -0.05) is 48.5 Å². The lowest BCUT2D eigenvalue weighted by Gasteiger charge is -2.20. The molecule has 0 bridgehead atoms. The van der Waals surface area contributed by atoms with E-state index >= 15 is 0 Å². The third-order valence-corrected chi connectivity index (χ3v) is 6.36. The van der Waals surface area contributed by atoms with Crippen molar-refractivity contribution in [2.75, 3.05) is 33.4 Å². The van der Waals surface area contributed by atoms with Gasteiger partial charge in [0.1, 0.15) is 0 Å². The van der Waals surface area contributed by atoms with Crippen molar-refractivity contribution in [1.82, 2.24) is 9.88 Å². The second-order valence-corrected chi connectivity index (χ2v) is 9.19. The van der Waals surface area contributed by atoms with Gasteiger partial charge in [-0.15, -0.1) is 0 Å². The Hall–Kier alpha value is -3.98. The molecule has 2 N–H and O–H groups in total. The summed E-state index contributed by atoms with van der Waals surface area (Å²) in [6.07, 6.45) is -0.172. The molecule has 196 valence electrons. The largest absolute Gasteiger partial charge is 0.494 e. The standard InChI is InChI=1S/C30H31N3O5/c1-3-36-30(35)22-11-14-24-25(17-22)32-29(34)27(24)28(21-7-5-4-6-8-21)31-23-12-9-20(10-13-23)18-33(2)19-26-37-15-16-38-26/h4-14,17,26,32,34H,3,15-16,18-19H2,1-2H3. The quantitative estimate of drug-likeness (QED) is 0.241. The number of esters is 1. The molecule has 1 aliphatic rings. The Morgan fingerprint density at radius 3 is 2.50 bits per heavy atom. The lowest BCUT2D eigenvalue weighted by Crippen LogP contribution is -2.29. The molecule has 0 atom stereocenters. The number of rotatable bonds is 9. The molecule has 0 aliphatic carbocycles. The number of H-pyrrole nitrogens is 1. The molecule has 4 aromatic rings. The number of nitrogens with zero attached hydrogens (tertiary/aromatic N) is 2. The van der Waals surface area contributed by atoms with Crippen LogP contribution >= 0.6 is 0 Å². The SMILES string of the molecule is CCOC(=O)c1ccc2c(C(=Nc3ccc(CN(C)CC4OCCO4)cc3)c3ccccc3)c(O)[nH]c2c1. The average Bonchev–Trinajstić information content (AvgIpc) is 3.55. The van der Waals surface area contributed by atoms with E-state index in [4.69, 9.17) is 19.2 Å². The molecule has 0 spiro atoms. The predicted molar refractivity (Wildman–Crippen MR) is 146 cm³/mol. The number of nitrogens with one attached hydrogen (secondary N) is 1. The van der Waals surface area contributed by atoms with Crippen molar-refractivity contribution >= 4 is 28.3 Å². The molecule has 1 aliphatic heterocycles. The van der Waals surface area contributed by atoms with Crippen molar-refractivity contribution in [2.45, 2.75) is 19.8 Å². The van der Waals surface area contributed by atoms with Gasteiger partial charge >= 0.3 is 5.97 Å². The highest BCUT2D eigenvalue weighted by Gasteiger charge is 2.20. The minimum Gasteiger partial charge on any atom is -0.494 e. The molecule has 0 amide bonds. The summed E-state index contributed by atoms with van der Waals surface area (Å²) in [5.74, 6) is -0.422. The summed E-state index contributed by atoms with van der Waals surface area (Å²) in [6.45, 7) is 4.81. The first-order valence-corrected chi connectivity index (χ1v) is 12.7. The van der Waals surface area contributed by atoms with Gasteiger partial charge in [0.25, 0.3) is 0 Å². The van der Waals surface area contributed by atoms with Crippen LogP contribution in [0.3, 0.4) is 0 Å². The number of aromatic hydroxyl groups is 1. The van der Waals surface area contributed by atoms with Crippen molar-refractivity contribution in [3.8, 4) is 5.88 Å². The van der Waals surface area contributed by atoms with E-state index < -0.39 is 5.97 Å². The van der Waals surface area contributed by atoms with E-state index in [9.17, 15) is 9.90 Å². The molecule has 2 heterocycles. The minimum absolute atomic E-state index is 0.0155. The monoisotopic (exact) mass is 513 g/mol. The summed E-state index contributed by atoms with van der Waals surface area (Å²) in [4.78, 5) is 22.3. The number of aromatic amines is 1. The highest BCUT2D eigenvalue weighted by Crippen LogP contribution is 2.32. The van der Waals surface area contributed by atoms with E-state index in [1.807, 2.05) is 55.6 Å². The first-order valence-electron chi connectivity index (χ1n) is 12.7. The van der Waals surface area contributed by atoms with Crippen LogP contribution < -0.4 is 0 Å². The van der Waals surface area contributed by atoms with Crippen LogP contribution in [0.1, 0.15) is 34.0 Å². The smallest absolute Gasteiger partial charge is 0.338 e. The second kappa shape index (κ2) is 11.6. The zero-order chi connectivity index (χ0) is 26.5. The summed E-state index contributed by atoms with van der Waals surface area (Å²) >= 11 is 0. The number of aromatic nitrogens is 1. The van der Waals surface area contributed by atoms with Crippen LogP contribution in [-0.4, -0.2) is 66.4 Å². The fourth-order valence-electron chi connectivity index (χ4n) is 4.57. The number of carbonyl (C=O) groups excluding carboxylic acids is 1. The number of likely N-dealkylation sites (N-methyl/N-ethyl adjacent to an activating group) is 1. The van der Waals surface area contributed by atoms with Crippen LogP contribution in [0.15, 0.2) is 77.8 Å². The highest BCUT2D eigenvalue weighted by atomic mass is 16.7. The van der Waals surface area contributed by atoms with Gasteiger partial charge in [-0.2, -0.15) is 0 Å². The zero-order valence-corrected chi connectivity index (χ0v) is 21.5. The topological polar surface area (TPSA) is 96.4 Å². The summed E-state index contributed by atoms with van der Waals surface area (Å²) in [7, 11) is 2.04. The van der Waals surface area contributed by atoms with Gasteiger partial charge in [-0.25, -0.2) is 9.79 Å². The van der Waals surface area contributed by atoms with Crippen LogP contribution in [-0.2, 0) is 20.8 Å². The molecular formula is C30H31N3O5. The number of hydrogen-bond donors (Lipinski definition) is 2. The summed E-state index contributed by atoms with van der Waals surface area (Å²) in [5, 5.41) is 11.7. The Morgan fingerprint density at radius 2 is 1.79 bits per heavy atom. The number of benzene rings is 3. The summed E-state index contributed by atoms with van der Waals surface area (Å²) < 4.78 is 16.2. The van der Waals surface area contributed by atoms with Gasteiger partial charge in [-0.3, -0.25) is 4.90 Å². The molecule has 1 fully saturated rings. The van der Waals surface area contributed by atoms with E-state index in [2.05, 4.69) is 22.0 Å². The van der Waals surface area contributed by atoms with Crippen molar-refractivity contribution < 1.29 is 24.1 Å². The zero-order valence-electron chi connectivity index (χ0n) is 21.5. The van der Waals surface area contributed by atoms with E-state index in [1.54, 1.807) is 19.1 Å². The Bertz CT molecular complexity index is 1420. The van der Waals surface area contributed by atoms with Crippen LogP contribution in [0, 0.1) is 0 Å². The normalized spacial score (nSPS) is 14.4. The molecule has 5 rings (SSSR count). The number of fused-ring (bicyclic) bond motifs is 1. The first-order chi connectivity index (χ1) is 18.5. The minimum atomic E-state index is -0.406. The van der Waals surface area contributed by atoms with E-state index in [1.165, 1.54) is 0 Å². The maximum atomic E-state index is 12.2. The molecule has 0 radical (unpaired) electrons. The molecular weight excluding hydrogens is 482 g/mol. The van der Waals surface area contributed by atoms with Crippen LogP contribution in [0.5, 0.6) is 5.88 Å². The van der Waals surface area contributed by atoms with Crippen molar-refractivity contribution in [2.24, 2.45) is 4.99 Å². The van der Waals surface area contributed by atoms with Crippen LogP contribution in [0.4, 0.5) is 5.69 Å². The lowest BCUT2D eigenvalue weighted by molar-refractivity contribution is -0.0592. The third kappa shape index (κ3) is 5.78. The molecule has 3 aromatic carbocycles. The maximum Gasteiger partial charge on any atom is 0.338 e. The fraction of sp³-hybridized carbons (Fsp3) is 0.267. The Labute approximate surface area is 221 Å². The number of aliphatic imine (C=N–C) groups is 1. The molecule has 8 heteroatoms. The van der Waals surface area contributed by atoms with E-state index in [-0.39, 0.29) is 12.2 Å². The summed E-state index contributed by atoms with van der Waals surface area (Å²) in [5.41, 5.74) is 5.00. The third-order valence-electron chi connectivity index (χ3n) is 6.36. The van der Waals surface area contributed by atoms with Crippen molar-refractivity contribution in [1.29, 1.82) is 0 Å². The number of carbonyl (C=O) groups is 1. The van der Waals surface area contributed by atoms with Gasteiger partial charge in [0.05, 0.1) is 42.3 Å². The maximum absolute atomic E-state index is 12.2. The Morgan fingerprint density at radius 1 is 1.05 bits per heavy atom. The van der Waals surface area contributed by atoms with Gasteiger partial charge in [0.15, 0.2) is 12.2 Å².